The Bertz CT molecular complexity index is 465. The third-order valence-corrected chi connectivity index (χ3v) is 2.54. The van der Waals surface area contributed by atoms with Crippen molar-refractivity contribution in [1.82, 2.24) is 19.5 Å². The van der Waals surface area contributed by atoms with Gasteiger partial charge in [0.2, 0.25) is 0 Å². The van der Waals surface area contributed by atoms with E-state index in [1.807, 2.05) is 10.8 Å². The molecule has 0 saturated carbocycles. The average molecular weight is 237 g/mol. The molecule has 2 heterocycles. The van der Waals surface area contributed by atoms with Gasteiger partial charge in [0.25, 0.3) is 0 Å². The minimum Gasteiger partial charge on any atom is -0.303 e. The summed E-state index contributed by atoms with van der Waals surface area (Å²) < 4.78 is 1.86. The molecule has 0 aliphatic heterocycles. The molecule has 0 fully saturated rings. The van der Waals surface area contributed by atoms with Crippen molar-refractivity contribution in [3.63, 3.8) is 0 Å². The van der Waals surface area contributed by atoms with Gasteiger partial charge in [0.1, 0.15) is 5.82 Å². The molecule has 0 N–H and O–H groups in total. The number of hydrogen-bond acceptors (Lipinski definition) is 3. The van der Waals surface area contributed by atoms with Crippen LogP contribution in [0, 0.1) is 0 Å². The molecule has 2 rings (SSSR count). The maximum absolute atomic E-state index is 5.90. The van der Waals surface area contributed by atoms with Crippen LogP contribution in [0.2, 0.25) is 0 Å². The molecule has 0 atom stereocenters. The van der Waals surface area contributed by atoms with Crippen LogP contribution in [0.4, 0.5) is 0 Å². The Labute approximate surface area is 99.3 Å². The molecule has 0 aliphatic carbocycles. The number of alkyl halides is 1. The molecule has 2 aromatic heterocycles. The van der Waals surface area contributed by atoms with Gasteiger partial charge in [-0.1, -0.05) is 13.8 Å². The summed E-state index contributed by atoms with van der Waals surface area (Å²) in [5, 5.41) is 0. The van der Waals surface area contributed by atoms with Crippen molar-refractivity contribution >= 4 is 11.6 Å². The first kappa shape index (κ1) is 11.1. The summed E-state index contributed by atoms with van der Waals surface area (Å²) in [7, 11) is 0. The van der Waals surface area contributed by atoms with Crippen LogP contribution in [0.1, 0.15) is 31.3 Å². The highest BCUT2D eigenvalue weighted by Gasteiger charge is 2.09. The summed E-state index contributed by atoms with van der Waals surface area (Å²) in [6.45, 7) is 4.12. The second-order valence-electron chi connectivity index (χ2n) is 3.82. The quantitative estimate of drug-likeness (QED) is 0.770. The van der Waals surface area contributed by atoms with E-state index in [0.29, 0.717) is 11.8 Å². The highest BCUT2D eigenvalue weighted by atomic mass is 35.5. The third kappa shape index (κ3) is 2.07. The summed E-state index contributed by atoms with van der Waals surface area (Å²) >= 11 is 5.90. The highest BCUT2D eigenvalue weighted by Crippen LogP contribution is 2.16. The number of rotatable bonds is 3. The molecule has 0 aliphatic rings. The normalized spacial score (nSPS) is 11.0. The molecule has 0 saturated heterocycles. The lowest BCUT2D eigenvalue weighted by Gasteiger charge is -2.10. The number of imidazole rings is 1. The van der Waals surface area contributed by atoms with Crippen LogP contribution in [-0.2, 0) is 5.88 Å². The smallest absolute Gasteiger partial charge is 0.131 e. The van der Waals surface area contributed by atoms with E-state index < -0.39 is 0 Å². The van der Waals surface area contributed by atoms with E-state index in [-0.39, 0.29) is 0 Å². The Hall–Kier alpha value is -1.42. The molecule has 0 radical (unpaired) electrons. The Balaban J connectivity index is 2.47. The van der Waals surface area contributed by atoms with E-state index >= 15 is 0 Å². The van der Waals surface area contributed by atoms with Crippen molar-refractivity contribution in [3.05, 3.63) is 36.4 Å². The van der Waals surface area contributed by atoms with Crippen LogP contribution in [0.25, 0.3) is 5.69 Å². The van der Waals surface area contributed by atoms with Crippen LogP contribution in [-0.4, -0.2) is 19.5 Å². The summed E-state index contributed by atoms with van der Waals surface area (Å²) in [5.74, 6) is 1.49. The molecular formula is C11H13ClN4. The predicted molar refractivity (Wildman–Crippen MR) is 62.8 cm³/mol. The molecular weight excluding hydrogens is 224 g/mol. The molecule has 0 bridgehead atoms. The topological polar surface area (TPSA) is 43.6 Å². The van der Waals surface area contributed by atoms with Gasteiger partial charge >= 0.3 is 0 Å². The van der Waals surface area contributed by atoms with Crippen molar-refractivity contribution < 1.29 is 0 Å². The van der Waals surface area contributed by atoms with Crippen molar-refractivity contribution in [2.45, 2.75) is 25.6 Å². The first-order valence-corrected chi connectivity index (χ1v) is 5.66. The van der Waals surface area contributed by atoms with Gasteiger partial charge in [0, 0.05) is 18.3 Å². The number of halogens is 1. The van der Waals surface area contributed by atoms with Gasteiger partial charge in [-0.2, -0.15) is 0 Å². The van der Waals surface area contributed by atoms with E-state index in [1.165, 1.54) is 0 Å². The number of nitrogens with zero attached hydrogens (tertiary/aromatic N) is 4. The molecule has 16 heavy (non-hydrogen) atoms. The number of hydrogen-bond donors (Lipinski definition) is 0. The van der Waals surface area contributed by atoms with Crippen LogP contribution >= 0.6 is 11.6 Å². The van der Waals surface area contributed by atoms with Gasteiger partial charge in [-0.05, 0) is 0 Å². The number of aromatic nitrogens is 4. The Morgan fingerprint density at radius 1 is 1.44 bits per heavy atom. The SMILES string of the molecule is CC(C)c1ncc(-n2ccnc2)c(CCl)n1. The average Bonchev–Trinajstić information content (AvgIpc) is 2.81. The minimum atomic E-state index is 0.304. The molecule has 0 spiro atoms. The van der Waals surface area contributed by atoms with E-state index in [1.54, 1.807) is 18.7 Å². The zero-order valence-electron chi connectivity index (χ0n) is 9.26. The summed E-state index contributed by atoms with van der Waals surface area (Å²) in [4.78, 5) is 12.8. The zero-order chi connectivity index (χ0) is 11.5. The van der Waals surface area contributed by atoms with Crippen LogP contribution in [0.3, 0.4) is 0 Å². The van der Waals surface area contributed by atoms with Gasteiger partial charge in [0.05, 0.1) is 29.8 Å². The van der Waals surface area contributed by atoms with Gasteiger partial charge in [-0.3, -0.25) is 0 Å². The lowest BCUT2D eigenvalue weighted by molar-refractivity contribution is 0.758. The summed E-state index contributed by atoms with van der Waals surface area (Å²) in [6, 6.07) is 0. The first-order valence-electron chi connectivity index (χ1n) is 5.12. The van der Waals surface area contributed by atoms with Crippen LogP contribution < -0.4 is 0 Å². The lowest BCUT2D eigenvalue weighted by Crippen LogP contribution is -2.05. The second kappa shape index (κ2) is 4.61. The van der Waals surface area contributed by atoms with E-state index in [9.17, 15) is 0 Å². The second-order valence-corrected chi connectivity index (χ2v) is 4.09. The maximum Gasteiger partial charge on any atom is 0.131 e. The van der Waals surface area contributed by atoms with Crippen LogP contribution in [0.15, 0.2) is 24.9 Å². The van der Waals surface area contributed by atoms with E-state index in [2.05, 4.69) is 28.8 Å². The highest BCUT2D eigenvalue weighted by molar-refractivity contribution is 6.17. The Morgan fingerprint density at radius 2 is 2.25 bits per heavy atom. The van der Waals surface area contributed by atoms with E-state index in [0.717, 1.165) is 17.2 Å². The molecule has 0 amide bonds. The predicted octanol–water partition coefficient (Wildman–Crippen LogP) is 2.52. The molecule has 84 valence electrons. The van der Waals surface area contributed by atoms with Gasteiger partial charge < -0.3 is 4.57 Å². The first-order chi connectivity index (χ1) is 7.72. The molecule has 4 nitrogen and oxygen atoms in total. The monoisotopic (exact) mass is 236 g/mol. The summed E-state index contributed by atoms with van der Waals surface area (Å²) in [5.41, 5.74) is 1.72. The largest absolute Gasteiger partial charge is 0.303 e. The van der Waals surface area contributed by atoms with Crippen molar-refractivity contribution in [1.29, 1.82) is 0 Å². The third-order valence-electron chi connectivity index (χ3n) is 2.29. The van der Waals surface area contributed by atoms with Gasteiger partial charge in [0.15, 0.2) is 0 Å². The van der Waals surface area contributed by atoms with E-state index in [4.69, 9.17) is 11.6 Å². The molecule has 0 unspecified atom stereocenters. The van der Waals surface area contributed by atoms with Gasteiger partial charge in [-0.15, -0.1) is 11.6 Å². The Morgan fingerprint density at radius 3 is 2.81 bits per heavy atom. The van der Waals surface area contributed by atoms with Crippen molar-refractivity contribution in [2.75, 3.05) is 0 Å². The zero-order valence-corrected chi connectivity index (χ0v) is 10.0. The van der Waals surface area contributed by atoms with Crippen molar-refractivity contribution in [2.24, 2.45) is 0 Å². The fourth-order valence-electron chi connectivity index (χ4n) is 1.42. The fraction of sp³-hybridized carbons (Fsp3) is 0.364. The van der Waals surface area contributed by atoms with Crippen LogP contribution in [0.5, 0.6) is 0 Å². The lowest BCUT2D eigenvalue weighted by atomic mass is 10.2. The standard InChI is InChI=1S/C11H13ClN4/c1-8(2)11-14-6-10(9(5-12)15-11)16-4-3-13-7-16/h3-4,6-8H,5H2,1-2H3. The Kier molecular flexibility index (Phi) is 3.19. The summed E-state index contributed by atoms with van der Waals surface area (Å²) in [6.07, 6.45) is 7.07. The van der Waals surface area contributed by atoms with Gasteiger partial charge in [-0.25, -0.2) is 15.0 Å². The van der Waals surface area contributed by atoms with Crippen molar-refractivity contribution in [3.8, 4) is 5.69 Å². The molecule has 0 aromatic carbocycles. The fourth-order valence-corrected chi connectivity index (χ4v) is 1.62. The molecule has 2 aromatic rings. The maximum atomic E-state index is 5.90. The minimum absolute atomic E-state index is 0.304. The molecule has 5 heteroatoms.